The van der Waals surface area contributed by atoms with Crippen LogP contribution in [-0.4, -0.2) is 0 Å². The number of hydrogen-bond acceptors (Lipinski definition) is 0. The van der Waals surface area contributed by atoms with Gasteiger partial charge in [0, 0.05) is 0 Å². The van der Waals surface area contributed by atoms with Crippen molar-refractivity contribution in [3.8, 4) is 0 Å². The molecule has 0 heterocycles. The van der Waals surface area contributed by atoms with E-state index in [1.165, 1.54) is 0 Å². The number of halogens is 4. The summed E-state index contributed by atoms with van der Waals surface area (Å²) in [6.45, 7) is 0. The molecular weight excluding hydrogens is 305 g/mol. The quantitative estimate of drug-likeness (QED) is 0.602. The Labute approximate surface area is 47.7 Å². The standard InChI is InChI=1S/CH3.ClH.3FH.Hg/h1H3;4*1H;/q;;;;;+3/p-3. The average molecular weight is 309 g/mol. The Morgan fingerprint density at radius 3 is 1.17 bits per heavy atom. The van der Waals surface area contributed by atoms with Gasteiger partial charge in [0.15, 0.2) is 0 Å². The summed E-state index contributed by atoms with van der Waals surface area (Å²) in [5, 5.41) is 0. The van der Waals surface area contributed by atoms with Crippen LogP contribution in [0.2, 0.25) is 4.43 Å². The van der Waals surface area contributed by atoms with Crippen molar-refractivity contribution >= 4 is 12.4 Å². The molecule has 0 radical (unpaired) electrons. The molecule has 0 aromatic heterocycles. The van der Waals surface area contributed by atoms with E-state index in [2.05, 4.69) is 0 Å². The summed E-state index contributed by atoms with van der Waals surface area (Å²) in [7, 11) is 0. The fourth-order valence-corrected chi connectivity index (χ4v) is 0. The summed E-state index contributed by atoms with van der Waals surface area (Å²) in [6, 6.07) is 0. The van der Waals surface area contributed by atoms with Crippen LogP contribution in [0.5, 0.6) is 0 Å². The molecule has 0 spiro atoms. The first-order valence-electron chi connectivity index (χ1n) is 1.51. The number of rotatable bonds is 0. The van der Waals surface area contributed by atoms with Crippen LogP contribution in [-0.2, 0) is 23.4 Å². The van der Waals surface area contributed by atoms with Crippen LogP contribution in [0, 0.1) is 0 Å². The van der Waals surface area contributed by atoms with Crippen LogP contribution in [0.1, 0.15) is 0 Å². The molecule has 0 aliphatic heterocycles. The fourth-order valence-electron chi connectivity index (χ4n) is 0. The second-order valence-electron chi connectivity index (χ2n) is 1.10. The second kappa shape index (κ2) is 3.07. The molecule has 38 valence electrons. The average Bonchev–Trinajstić information content (AvgIpc) is 0.722. The van der Waals surface area contributed by atoms with E-state index in [1.54, 1.807) is 0 Å². The molecule has 0 nitrogen and oxygen atoms in total. The minimum absolute atomic E-state index is 0. The zero-order valence-corrected chi connectivity index (χ0v) is 9.56. The van der Waals surface area contributed by atoms with Gasteiger partial charge in [-0.3, -0.25) is 0 Å². The van der Waals surface area contributed by atoms with E-state index >= 15 is 0 Å². The van der Waals surface area contributed by atoms with Crippen LogP contribution >= 0.6 is 12.4 Å². The van der Waals surface area contributed by atoms with Gasteiger partial charge in [-0.2, -0.15) is 0 Å². The minimum atomic E-state index is -5.89. The molecule has 6 heavy (non-hydrogen) atoms. The Morgan fingerprint density at radius 1 is 1.17 bits per heavy atom. The molecule has 0 rings (SSSR count). The molecule has 0 bridgehead atoms. The van der Waals surface area contributed by atoms with Crippen molar-refractivity contribution in [2.75, 3.05) is 0 Å². The molecule has 0 aliphatic carbocycles. The van der Waals surface area contributed by atoms with Crippen LogP contribution in [0.4, 0.5) is 7.41 Å². The van der Waals surface area contributed by atoms with Gasteiger partial charge in [0.2, 0.25) is 0 Å². The van der Waals surface area contributed by atoms with Gasteiger partial charge in [-0.25, -0.2) is 0 Å². The first kappa shape index (κ1) is 10.1. The molecule has 0 saturated heterocycles. The molecule has 0 amide bonds. The van der Waals surface area contributed by atoms with Crippen molar-refractivity contribution < 1.29 is 30.8 Å². The van der Waals surface area contributed by atoms with Gasteiger partial charge in [0.1, 0.15) is 0 Å². The van der Waals surface area contributed by atoms with E-state index < -0.39 is 23.4 Å². The molecular formula is CH4ClF3Hg. The topological polar surface area (TPSA) is 0 Å². The summed E-state index contributed by atoms with van der Waals surface area (Å²) >= 11 is -5.89. The van der Waals surface area contributed by atoms with Crippen molar-refractivity contribution in [1.29, 1.82) is 0 Å². The molecule has 5 heteroatoms. The van der Waals surface area contributed by atoms with Crippen LogP contribution in [0.25, 0.3) is 0 Å². The maximum atomic E-state index is 10.6. The first-order chi connectivity index (χ1) is 2.00. The van der Waals surface area contributed by atoms with Gasteiger partial charge >= 0.3 is 35.2 Å². The molecule has 0 aliphatic rings. The third-order valence-corrected chi connectivity index (χ3v) is 0. The van der Waals surface area contributed by atoms with Crippen LogP contribution in [0.3, 0.4) is 0 Å². The van der Waals surface area contributed by atoms with E-state index in [0.717, 1.165) is 0 Å². The van der Waals surface area contributed by atoms with Crippen LogP contribution in [0.15, 0.2) is 0 Å². The molecule has 0 atom stereocenters. The van der Waals surface area contributed by atoms with E-state index in [-0.39, 0.29) is 12.4 Å². The second-order valence-corrected chi connectivity index (χ2v) is 9.69. The van der Waals surface area contributed by atoms with E-state index in [1.807, 2.05) is 0 Å². The third-order valence-electron chi connectivity index (χ3n) is 0. The Bertz CT molecular complexity index is 26.3. The predicted molar refractivity (Wildman–Crippen MR) is 16.4 cm³/mol. The summed E-state index contributed by atoms with van der Waals surface area (Å²) in [6.07, 6.45) is 0. The fraction of sp³-hybridized carbons (Fsp3) is 1.00. The van der Waals surface area contributed by atoms with Gasteiger partial charge in [0.25, 0.3) is 0 Å². The van der Waals surface area contributed by atoms with E-state index in [0.29, 0.717) is 4.43 Å². The van der Waals surface area contributed by atoms with Crippen molar-refractivity contribution in [2.45, 2.75) is 4.43 Å². The maximum absolute atomic E-state index is 10.6. The Hall–Kier alpha value is 1.02. The molecule has 0 N–H and O–H groups in total. The Balaban J connectivity index is 0. The number of hydrogen-bond donors (Lipinski definition) is 0. The molecule has 0 fully saturated rings. The van der Waals surface area contributed by atoms with Gasteiger partial charge < -0.3 is 0 Å². The SMILES string of the molecule is Cl.[CH3][Hg]([F])([F])[F]. The molecule has 0 unspecified atom stereocenters. The molecule has 0 aromatic carbocycles. The van der Waals surface area contributed by atoms with Gasteiger partial charge in [0.05, 0.1) is 0 Å². The molecule has 0 saturated carbocycles. The predicted octanol–water partition coefficient (Wildman–Crippen LogP) is 2.26. The van der Waals surface area contributed by atoms with Crippen molar-refractivity contribution in [3.63, 3.8) is 0 Å². The van der Waals surface area contributed by atoms with Crippen molar-refractivity contribution in [3.05, 3.63) is 0 Å². The summed E-state index contributed by atoms with van der Waals surface area (Å²) in [5.74, 6) is 0. The summed E-state index contributed by atoms with van der Waals surface area (Å²) < 4.78 is 32.2. The normalized spacial score (nSPS) is 7.33. The Morgan fingerprint density at radius 2 is 1.17 bits per heavy atom. The van der Waals surface area contributed by atoms with E-state index in [9.17, 15) is 7.41 Å². The van der Waals surface area contributed by atoms with Crippen LogP contribution < -0.4 is 0 Å². The van der Waals surface area contributed by atoms with Crippen molar-refractivity contribution in [2.24, 2.45) is 0 Å². The monoisotopic (exact) mass is 310 g/mol. The van der Waals surface area contributed by atoms with E-state index in [4.69, 9.17) is 0 Å². The zero-order chi connectivity index (χ0) is 4.50. The van der Waals surface area contributed by atoms with Gasteiger partial charge in [-0.1, -0.05) is 0 Å². The van der Waals surface area contributed by atoms with Crippen molar-refractivity contribution in [1.82, 2.24) is 0 Å². The zero-order valence-electron chi connectivity index (χ0n) is 3.25. The summed E-state index contributed by atoms with van der Waals surface area (Å²) in [5.41, 5.74) is 0. The third kappa shape index (κ3) is 78.5. The molecule has 0 aromatic rings. The van der Waals surface area contributed by atoms with Gasteiger partial charge in [-0.15, -0.1) is 12.4 Å². The first-order valence-corrected chi connectivity index (χ1v) is 13.2. The Kier molecular flexibility index (Phi) is 5.17. The summed E-state index contributed by atoms with van der Waals surface area (Å²) in [4.78, 5) is 0. The van der Waals surface area contributed by atoms with Gasteiger partial charge in [-0.05, 0) is 0 Å².